The molecule has 1 atom stereocenters. The summed E-state index contributed by atoms with van der Waals surface area (Å²) in [6.45, 7) is 9.70. The van der Waals surface area contributed by atoms with Crippen LogP contribution in [0.25, 0.3) is 0 Å². The van der Waals surface area contributed by atoms with Gasteiger partial charge in [0, 0.05) is 84.6 Å². The summed E-state index contributed by atoms with van der Waals surface area (Å²) in [7, 11) is 0. The lowest BCUT2D eigenvalue weighted by atomic mass is 9.90. The van der Waals surface area contributed by atoms with Crippen molar-refractivity contribution in [3.63, 3.8) is 0 Å². The molecule has 0 aromatic heterocycles. The molecule has 0 aliphatic carbocycles. The quantitative estimate of drug-likeness (QED) is 0.0682. The Hall–Kier alpha value is -6.14. The number of urea groups is 2. The first kappa shape index (κ1) is 53.7. The van der Waals surface area contributed by atoms with Crippen LogP contribution in [0.4, 0.5) is 25.4 Å². The summed E-state index contributed by atoms with van der Waals surface area (Å²) in [5.74, 6) is 17.7. The Morgan fingerprint density at radius 1 is 0.708 bits per heavy atom. The van der Waals surface area contributed by atoms with Crippen molar-refractivity contribution >= 4 is 69.7 Å². The highest BCUT2D eigenvalue weighted by atomic mass is 127. The maximum absolute atomic E-state index is 14.5. The number of halogens is 2. The van der Waals surface area contributed by atoms with E-state index in [4.69, 9.17) is 4.74 Å². The van der Waals surface area contributed by atoms with Crippen LogP contribution >= 0.6 is 22.6 Å². The van der Waals surface area contributed by atoms with Gasteiger partial charge < -0.3 is 15.4 Å². The fourth-order valence-corrected chi connectivity index (χ4v) is 9.62. The van der Waals surface area contributed by atoms with E-state index in [9.17, 15) is 33.2 Å². The van der Waals surface area contributed by atoms with Crippen molar-refractivity contribution in [3.8, 4) is 35.5 Å². The highest BCUT2D eigenvalue weighted by molar-refractivity contribution is 14.1. The summed E-state index contributed by atoms with van der Waals surface area (Å²) >= 11 is 2.34. The Balaban J connectivity index is 0.000000161. The predicted molar refractivity (Wildman–Crippen MR) is 282 cm³/mol. The van der Waals surface area contributed by atoms with E-state index in [2.05, 4.69) is 89.6 Å². The second-order valence-corrected chi connectivity index (χ2v) is 19.6. The van der Waals surface area contributed by atoms with E-state index in [0.717, 1.165) is 118 Å². The molecular weight excluding hydrogens is 1030 g/mol. The second kappa shape index (κ2) is 26.5. The minimum absolute atomic E-state index is 0.00320. The molecule has 5 N–H and O–H groups in total. The highest BCUT2D eigenvalue weighted by Gasteiger charge is 2.37. The summed E-state index contributed by atoms with van der Waals surface area (Å²) in [4.78, 5) is 74.5. The predicted octanol–water partition coefficient (Wildman–Crippen LogP) is 5.64. The number of aryl methyl sites for hydroxylation is 1. The fraction of sp³-hybridized carbons (Fsp3) is 0.455. The number of hydrogen-bond acceptors (Lipinski definition) is 10. The molecule has 6 saturated heterocycles. The number of rotatable bonds is 6. The highest BCUT2D eigenvalue weighted by Crippen LogP contribution is 2.29. The number of carbonyl (C=O) groups is 6. The van der Waals surface area contributed by atoms with Crippen molar-refractivity contribution in [3.05, 3.63) is 94.3 Å². The van der Waals surface area contributed by atoms with E-state index in [1.54, 1.807) is 17.9 Å². The van der Waals surface area contributed by atoms with Gasteiger partial charge in [0.05, 0.1) is 30.4 Å². The molecule has 17 heteroatoms. The largest absolute Gasteiger partial charge is 0.372 e. The van der Waals surface area contributed by atoms with Crippen LogP contribution in [0, 0.1) is 54.2 Å². The number of unbranched alkanes of at least 4 members (excludes halogenated alkanes) is 1. The average Bonchev–Trinajstić information content (AvgIpc) is 3.37. The molecule has 0 saturated carbocycles. The first-order valence-electron chi connectivity index (χ1n) is 24.8. The van der Waals surface area contributed by atoms with Gasteiger partial charge in [-0.1, -0.05) is 70.2 Å². The Labute approximate surface area is 435 Å². The summed E-state index contributed by atoms with van der Waals surface area (Å²) in [5.41, 5.74) is 5.08. The zero-order chi connectivity index (χ0) is 50.9. The number of ether oxygens (including phenoxy) is 1. The standard InChI is InChI=1S/C21H26N4O3.C18H20FN3O2.C16H16INO2/c26-19-7-13-25(20(27)23-19)18-5-3-17(4-6-18)2-1-12-24-14-15-28-21(16-24)8-10-22-11-9-21;1-12-10-14(3-2-13-4-7-20-8-5-13)11-15(19)17(12)22-9-6-16(23)21-18(22)24;17-11-3-1-2-4-12-5-7-13(8-6-12)14-9-10-15(19)18-16(14)20/h3-6,22H,7-16H2,(H,23,26,27);10-11,13,20H,4-9H2,1H3,(H,21,23,24);5-8,14H,1,3,9-11H2,(H,18,19,20). The molecule has 3 aromatic rings. The van der Waals surface area contributed by atoms with Gasteiger partial charge >= 0.3 is 12.1 Å². The van der Waals surface area contributed by atoms with Crippen LogP contribution in [0.2, 0.25) is 0 Å². The van der Waals surface area contributed by atoms with Crippen LogP contribution in [0.15, 0.2) is 60.7 Å². The van der Waals surface area contributed by atoms with Gasteiger partial charge in [-0.15, -0.1) is 0 Å². The van der Waals surface area contributed by atoms with Crippen molar-refractivity contribution in [1.29, 1.82) is 0 Å². The summed E-state index contributed by atoms with van der Waals surface area (Å²) in [6, 6.07) is 17.5. The maximum Gasteiger partial charge on any atom is 0.328 e. The topological polar surface area (TPSA) is 182 Å². The van der Waals surface area contributed by atoms with Crippen LogP contribution in [-0.2, 0) is 23.9 Å². The molecule has 9 rings (SSSR count). The Bertz CT molecular complexity index is 2620. The normalized spacial score (nSPS) is 20.1. The number of morpholine rings is 1. The van der Waals surface area contributed by atoms with E-state index in [-0.39, 0.29) is 59.8 Å². The number of alkyl halides is 1. The van der Waals surface area contributed by atoms with Crippen molar-refractivity contribution in [1.82, 2.24) is 31.5 Å². The average molecular weight is 1090 g/mol. The molecule has 1 spiro atoms. The molecule has 0 radical (unpaired) electrons. The van der Waals surface area contributed by atoms with Gasteiger partial charge in [-0.25, -0.2) is 14.0 Å². The molecule has 0 bridgehead atoms. The third kappa shape index (κ3) is 15.4. The molecule has 6 fully saturated rings. The number of nitrogens with zero attached hydrogens (tertiary/aromatic N) is 3. The monoisotopic (exact) mass is 1090 g/mol. The summed E-state index contributed by atoms with van der Waals surface area (Å²) in [5, 5.41) is 13.6. The Morgan fingerprint density at radius 3 is 1.97 bits per heavy atom. The molecule has 3 aromatic carbocycles. The number of imide groups is 3. The molecular formula is C55H62FIN8O7. The van der Waals surface area contributed by atoms with Gasteiger partial charge in [0.2, 0.25) is 23.6 Å². The zero-order valence-electron chi connectivity index (χ0n) is 40.7. The Kier molecular flexibility index (Phi) is 19.8. The molecule has 6 aliphatic heterocycles. The number of amides is 8. The van der Waals surface area contributed by atoms with Gasteiger partial charge in [0.1, 0.15) is 5.82 Å². The van der Waals surface area contributed by atoms with E-state index in [1.807, 2.05) is 48.5 Å². The summed E-state index contributed by atoms with van der Waals surface area (Å²) < 4.78 is 21.8. The maximum atomic E-state index is 14.5. The number of nitrogens with one attached hydrogen (secondary N) is 5. The minimum Gasteiger partial charge on any atom is -0.372 e. The first-order valence-corrected chi connectivity index (χ1v) is 26.3. The lowest BCUT2D eigenvalue weighted by Gasteiger charge is -2.44. The molecule has 6 aliphatic rings. The SMILES string of the molecule is Cc1cc(C#CC2CCNCC2)cc(F)c1N1CCC(=O)NC1=O.O=C1CCC(c2ccc(C#CCCCI)cc2)C(=O)N1.O=C1CCN(c2ccc(C#CCN3CCOC4(CCNCC4)C3)cc2)C(=O)N1. The third-order valence-corrected chi connectivity index (χ3v) is 13.9. The number of anilines is 2. The van der Waals surface area contributed by atoms with Crippen molar-refractivity contribution in [2.75, 3.05) is 79.7 Å². The van der Waals surface area contributed by atoms with Crippen LogP contribution < -0.4 is 36.4 Å². The summed E-state index contributed by atoms with van der Waals surface area (Å²) in [6.07, 6.45) is 7.66. The van der Waals surface area contributed by atoms with Crippen LogP contribution in [0.3, 0.4) is 0 Å². The number of hydrogen-bond donors (Lipinski definition) is 5. The molecule has 8 amide bonds. The number of piperidine rings is 3. The van der Waals surface area contributed by atoms with E-state index < -0.39 is 11.8 Å². The Morgan fingerprint density at radius 2 is 1.33 bits per heavy atom. The van der Waals surface area contributed by atoms with E-state index in [0.29, 0.717) is 42.9 Å². The van der Waals surface area contributed by atoms with Crippen LogP contribution in [-0.4, -0.2) is 116 Å². The smallest absolute Gasteiger partial charge is 0.328 e. The molecule has 1 unspecified atom stereocenters. The lowest BCUT2D eigenvalue weighted by Crippen LogP contribution is -2.56. The molecule has 15 nitrogen and oxygen atoms in total. The molecule has 6 heterocycles. The van der Waals surface area contributed by atoms with Crippen molar-refractivity contribution < 1.29 is 37.9 Å². The van der Waals surface area contributed by atoms with E-state index in [1.165, 1.54) is 11.0 Å². The molecule has 72 heavy (non-hydrogen) atoms. The number of benzene rings is 3. The molecule has 378 valence electrons. The third-order valence-electron chi connectivity index (χ3n) is 13.2. The zero-order valence-corrected chi connectivity index (χ0v) is 42.9. The van der Waals surface area contributed by atoms with Gasteiger partial charge in [-0.05, 0) is 131 Å². The van der Waals surface area contributed by atoms with Crippen molar-refractivity contribution in [2.24, 2.45) is 5.92 Å². The minimum atomic E-state index is -0.582. The van der Waals surface area contributed by atoms with Gasteiger partial charge in [0.15, 0.2) is 0 Å². The van der Waals surface area contributed by atoms with Crippen molar-refractivity contribution in [2.45, 2.75) is 82.7 Å². The number of carbonyl (C=O) groups excluding carboxylic acids is 6. The fourth-order valence-electron chi connectivity index (χ4n) is 9.24. The van der Waals surface area contributed by atoms with Crippen LogP contribution in [0.1, 0.15) is 97.9 Å². The van der Waals surface area contributed by atoms with Gasteiger partial charge in [-0.2, -0.15) is 0 Å². The second-order valence-electron chi connectivity index (χ2n) is 18.5. The van der Waals surface area contributed by atoms with Gasteiger partial charge in [-0.3, -0.25) is 49.8 Å². The first-order chi connectivity index (χ1) is 34.9. The van der Waals surface area contributed by atoms with Gasteiger partial charge in [0.25, 0.3) is 0 Å². The van der Waals surface area contributed by atoms with Crippen LogP contribution in [0.5, 0.6) is 0 Å². The van der Waals surface area contributed by atoms with E-state index >= 15 is 0 Å². The lowest BCUT2D eigenvalue weighted by molar-refractivity contribution is -0.134.